The summed E-state index contributed by atoms with van der Waals surface area (Å²) in [5.74, 6) is 0. The third-order valence-electron chi connectivity index (χ3n) is 1.50. The molecule has 2 aromatic rings. The van der Waals surface area contributed by atoms with Gasteiger partial charge in [-0.1, -0.05) is 35.9 Å². The van der Waals surface area contributed by atoms with Crippen LogP contribution in [-0.2, 0) is 21.7 Å². The fourth-order valence-electron chi connectivity index (χ4n) is 0.855. The second-order valence-electron chi connectivity index (χ2n) is 2.62. The smallest absolute Gasteiger partial charge is 0 e. The van der Waals surface area contributed by atoms with E-state index in [4.69, 9.17) is 0 Å². The van der Waals surface area contributed by atoms with Crippen LogP contribution in [0, 0.1) is 6.92 Å². The van der Waals surface area contributed by atoms with Crippen molar-refractivity contribution in [3.8, 4) is 0 Å². The fourth-order valence-corrected chi connectivity index (χ4v) is 0.855. The zero-order valence-electron chi connectivity index (χ0n) is 7.77. The average Bonchev–Trinajstić information content (AvgIpc) is 2.62. The van der Waals surface area contributed by atoms with Crippen LogP contribution >= 0.6 is 0 Å². The minimum Gasteiger partial charge on any atom is -0.214 e. The van der Waals surface area contributed by atoms with Gasteiger partial charge in [-0.3, -0.25) is 0 Å². The van der Waals surface area contributed by atoms with E-state index in [0.29, 0.717) is 0 Å². The van der Waals surface area contributed by atoms with Crippen LogP contribution in [0.1, 0.15) is 5.56 Å². The van der Waals surface area contributed by atoms with Crippen molar-refractivity contribution in [3.63, 3.8) is 0 Å². The Hall–Kier alpha value is -0.716. The first kappa shape index (κ1) is 12.3. The summed E-state index contributed by atoms with van der Waals surface area (Å²) in [4.78, 5) is 0. The van der Waals surface area contributed by atoms with Gasteiger partial charge in [-0.2, -0.15) is 18.2 Å². The Kier molecular flexibility index (Phi) is 7.47. The van der Waals surface area contributed by atoms with Gasteiger partial charge in [-0.15, -0.1) is 0 Å². The summed E-state index contributed by atoms with van der Waals surface area (Å²) < 4.78 is 0. The quantitative estimate of drug-likeness (QED) is 0.456. The molecule has 0 unspecified atom stereocenters. The molecule has 0 aliphatic rings. The van der Waals surface area contributed by atoms with Crippen molar-refractivity contribution in [2.24, 2.45) is 0 Å². The molecule has 0 aliphatic heterocycles. The predicted molar refractivity (Wildman–Crippen MR) is 53.2 cm³/mol. The van der Waals surface area contributed by atoms with Crippen molar-refractivity contribution in [1.82, 2.24) is 0 Å². The van der Waals surface area contributed by atoms with Gasteiger partial charge in [0.15, 0.2) is 0 Å². The first-order valence-electron chi connectivity index (χ1n) is 4.08. The van der Waals surface area contributed by atoms with Crippen molar-refractivity contribution < 1.29 is 21.7 Å². The summed E-state index contributed by atoms with van der Waals surface area (Å²) in [5, 5.41) is 0. The zero-order valence-corrected chi connectivity index (χ0v) is 9.34. The van der Waals surface area contributed by atoms with Gasteiger partial charge in [-0.25, -0.2) is 12.1 Å². The van der Waals surface area contributed by atoms with Crippen LogP contribution in [0.3, 0.4) is 0 Å². The monoisotopic (exact) mass is 205 g/mol. The number of benzene rings is 1. The van der Waals surface area contributed by atoms with Gasteiger partial charge in [0.2, 0.25) is 0 Å². The van der Waals surface area contributed by atoms with Gasteiger partial charge in [0, 0.05) is 21.7 Å². The Bertz CT molecular complexity index is 254. The van der Waals surface area contributed by atoms with Crippen molar-refractivity contribution >= 4 is 0 Å². The van der Waals surface area contributed by atoms with Gasteiger partial charge in [0.05, 0.1) is 0 Å². The number of hydrogen-bond acceptors (Lipinski definition) is 0. The van der Waals surface area contributed by atoms with Gasteiger partial charge in [-0.05, 0) is 6.92 Å². The standard InChI is InChI=1S/C7H8.C5H5.Ti/c1-7-5-3-2-4-6-7;1-2-4-5-3-1;/h2-6H,1H3;1-5H;/q;-1;. The molecule has 0 radical (unpaired) electrons. The van der Waals surface area contributed by atoms with E-state index >= 15 is 0 Å². The number of hydrogen-bond donors (Lipinski definition) is 0. The number of aryl methyl sites for hydroxylation is 1. The van der Waals surface area contributed by atoms with Crippen LogP contribution in [0.25, 0.3) is 0 Å². The molecule has 66 valence electrons. The van der Waals surface area contributed by atoms with Crippen LogP contribution < -0.4 is 0 Å². The summed E-state index contributed by atoms with van der Waals surface area (Å²) in [7, 11) is 0. The van der Waals surface area contributed by atoms with Gasteiger partial charge in [0.25, 0.3) is 0 Å². The van der Waals surface area contributed by atoms with Gasteiger partial charge in [0.1, 0.15) is 0 Å². The first-order chi connectivity index (χ1) is 5.89. The molecule has 0 saturated heterocycles. The van der Waals surface area contributed by atoms with Gasteiger partial charge < -0.3 is 0 Å². The second-order valence-corrected chi connectivity index (χ2v) is 2.62. The number of rotatable bonds is 0. The average molecular weight is 205 g/mol. The summed E-state index contributed by atoms with van der Waals surface area (Å²) in [6.45, 7) is 2.08. The molecule has 2 aromatic carbocycles. The van der Waals surface area contributed by atoms with E-state index in [0.717, 1.165) is 0 Å². The van der Waals surface area contributed by atoms with E-state index in [2.05, 4.69) is 19.1 Å². The summed E-state index contributed by atoms with van der Waals surface area (Å²) in [6.07, 6.45) is 0. The van der Waals surface area contributed by atoms with E-state index in [-0.39, 0.29) is 21.7 Å². The minimum atomic E-state index is 0. The van der Waals surface area contributed by atoms with E-state index in [1.807, 2.05) is 48.5 Å². The van der Waals surface area contributed by atoms with Crippen molar-refractivity contribution in [1.29, 1.82) is 0 Å². The Morgan fingerprint density at radius 2 is 1.38 bits per heavy atom. The molecule has 0 heterocycles. The maximum Gasteiger partial charge on any atom is 0 e. The van der Waals surface area contributed by atoms with Crippen LogP contribution in [0.4, 0.5) is 0 Å². The molecule has 0 N–H and O–H groups in total. The maximum atomic E-state index is 2.08. The molecular formula is C12H13Ti-. The first-order valence-corrected chi connectivity index (χ1v) is 4.08. The molecule has 0 aliphatic carbocycles. The largest absolute Gasteiger partial charge is 0.214 e. The molecule has 0 aromatic heterocycles. The molecule has 1 heteroatoms. The molecule has 0 saturated carbocycles. The van der Waals surface area contributed by atoms with E-state index in [9.17, 15) is 0 Å². The molecule has 0 amide bonds. The summed E-state index contributed by atoms with van der Waals surface area (Å²) in [6, 6.07) is 20.3. The molecule has 0 nitrogen and oxygen atoms in total. The van der Waals surface area contributed by atoms with E-state index in [1.54, 1.807) is 0 Å². The third kappa shape index (κ3) is 6.45. The van der Waals surface area contributed by atoms with Crippen LogP contribution in [0.5, 0.6) is 0 Å². The molecule has 0 bridgehead atoms. The SMILES string of the molecule is Cc1ccccc1.[Ti].c1cc[cH-]c1. The Labute approximate surface area is 94.9 Å². The molecular weight excluding hydrogens is 192 g/mol. The topological polar surface area (TPSA) is 0 Å². The Balaban J connectivity index is 0.000000215. The van der Waals surface area contributed by atoms with Crippen LogP contribution in [0.15, 0.2) is 60.7 Å². The van der Waals surface area contributed by atoms with Crippen LogP contribution in [-0.4, -0.2) is 0 Å². The molecule has 0 fully saturated rings. The Morgan fingerprint density at radius 3 is 1.62 bits per heavy atom. The fraction of sp³-hybridized carbons (Fsp3) is 0.0833. The second kappa shape index (κ2) is 7.91. The Morgan fingerprint density at radius 1 is 0.846 bits per heavy atom. The molecule has 0 atom stereocenters. The van der Waals surface area contributed by atoms with Crippen molar-refractivity contribution in [3.05, 3.63) is 66.2 Å². The summed E-state index contributed by atoms with van der Waals surface area (Å²) in [5.41, 5.74) is 1.32. The molecule has 2 rings (SSSR count). The van der Waals surface area contributed by atoms with Crippen LogP contribution in [0.2, 0.25) is 0 Å². The van der Waals surface area contributed by atoms with Crippen molar-refractivity contribution in [2.75, 3.05) is 0 Å². The van der Waals surface area contributed by atoms with Gasteiger partial charge >= 0.3 is 0 Å². The normalized spacial score (nSPS) is 7.77. The molecule has 0 spiro atoms. The molecule has 13 heavy (non-hydrogen) atoms. The van der Waals surface area contributed by atoms with Crippen molar-refractivity contribution in [2.45, 2.75) is 6.92 Å². The minimum absolute atomic E-state index is 0. The summed E-state index contributed by atoms with van der Waals surface area (Å²) >= 11 is 0. The maximum absolute atomic E-state index is 2.08. The van der Waals surface area contributed by atoms with E-state index < -0.39 is 0 Å². The predicted octanol–water partition coefficient (Wildman–Crippen LogP) is 3.40. The third-order valence-corrected chi connectivity index (χ3v) is 1.50. The zero-order chi connectivity index (χ0) is 8.65. The van der Waals surface area contributed by atoms with E-state index in [1.165, 1.54) is 5.56 Å².